The Labute approximate surface area is 176 Å². The molecular weight excluding hydrogens is 348 g/mol. The van der Waals surface area contributed by atoms with E-state index in [4.69, 9.17) is 0 Å². The average Bonchev–Trinajstić information content (AvgIpc) is 2.70. The van der Waals surface area contributed by atoms with Crippen LogP contribution in [0.3, 0.4) is 0 Å². The summed E-state index contributed by atoms with van der Waals surface area (Å²) in [5.74, 6) is -0.146. The molecule has 1 N–H and O–H groups in total. The summed E-state index contributed by atoms with van der Waals surface area (Å²) < 4.78 is 4.62. The first kappa shape index (κ1) is 27.4. The zero-order valence-electron chi connectivity index (χ0n) is 19.2. The van der Waals surface area contributed by atoms with E-state index >= 15 is 0 Å². The number of aliphatic hydroxyl groups is 1. The van der Waals surface area contributed by atoms with Gasteiger partial charge in [0.15, 0.2) is 0 Å². The van der Waals surface area contributed by atoms with Crippen molar-refractivity contribution in [3.8, 4) is 0 Å². The van der Waals surface area contributed by atoms with Crippen molar-refractivity contribution in [1.29, 1.82) is 0 Å². The van der Waals surface area contributed by atoms with Crippen molar-refractivity contribution in [1.82, 2.24) is 0 Å². The van der Waals surface area contributed by atoms with Gasteiger partial charge in [-0.25, -0.2) is 0 Å². The van der Waals surface area contributed by atoms with Gasteiger partial charge in [0.2, 0.25) is 0 Å². The first-order valence-electron chi connectivity index (χ1n) is 12.5. The van der Waals surface area contributed by atoms with Crippen LogP contribution in [-0.2, 0) is 9.53 Å². The van der Waals surface area contributed by atoms with Gasteiger partial charge in [-0.05, 0) is 19.3 Å². The smallest absolute Gasteiger partial charge is 0.305 e. The van der Waals surface area contributed by atoms with Crippen molar-refractivity contribution in [2.45, 2.75) is 148 Å². The molecule has 0 aromatic heterocycles. The second-order valence-corrected chi connectivity index (χ2v) is 8.57. The van der Waals surface area contributed by atoms with E-state index < -0.39 is 0 Å². The Kier molecular flexibility index (Phi) is 22.3. The second-order valence-electron chi connectivity index (χ2n) is 8.57. The number of unbranched alkanes of at least 4 members (excludes halogenated alkanes) is 16. The standard InChI is InChI=1S/C25H50O3/c1-3-4-5-6-7-8-9-10-11-12-13-14-15-16-17-18-21-24(26)22-19-20-23-25(27)28-2/h24,26H,3-23H2,1-2H3. The predicted octanol–water partition coefficient (Wildman–Crippen LogP) is 7.73. The lowest BCUT2D eigenvalue weighted by Gasteiger charge is -2.10. The molecule has 28 heavy (non-hydrogen) atoms. The van der Waals surface area contributed by atoms with Crippen molar-refractivity contribution in [2.75, 3.05) is 7.11 Å². The molecule has 1 unspecified atom stereocenters. The van der Waals surface area contributed by atoms with E-state index in [9.17, 15) is 9.90 Å². The molecule has 0 spiro atoms. The van der Waals surface area contributed by atoms with Crippen LogP contribution in [0.5, 0.6) is 0 Å². The molecule has 0 aliphatic carbocycles. The van der Waals surface area contributed by atoms with Gasteiger partial charge in [-0.3, -0.25) is 4.79 Å². The van der Waals surface area contributed by atoms with Gasteiger partial charge in [0.05, 0.1) is 13.2 Å². The monoisotopic (exact) mass is 398 g/mol. The molecule has 0 aromatic rings. The number of rotatable bonds is 22. The van der Waals surface area contributed by atoms with E-state index in [1.54, 1.807) is 0 Å². The SMILES string of the molecule is CCCCCCCCCCCCCCCCCCC(O)CCCCC(=O)OC. The van der Waals surface area contributed by atoms with Gasteiger partial charge in [-0.15, -0.1) is 0 Å². The normalized spacial score (nSPS) is 12.2. The average molecular weight is 399 g/mol. The molecule has 0 saturated heterocycles. The van der Waals surface area contributed by atoms with Crippen molar-refractivity contribution >= 4 is 5.97 Å². The summed E-state index contributed by atoms with van der Waals surface area (Å²) in [6.45, 7) is 2.28. The number of aliphatic hydroxyl groups excluding tert-OH is 1. The summed E-state index contributed by atoms with van der Waals surface area (Å²) in [6, 6.07) is 0. The van der Waals surface area contributed by atoms with Crippen LogP contribution in [0.1, 0.15) is 142 Å². The summed E-state index contributed by atoms with van der Waals surface area (Å²) in [5.41, 5.74) is 0. The fraction of sp³-hybridized carbons (Fsp3) is 0.960. The number of carbonyl (C=O) groups excluding carboxylic acids is 1. The molecule has 0 radical (unpaired) electrons. The zero-order valence-corrected chi connectivity index (χ0v) is 19.2. The third-order valence-corrected chi connectivity index (χ3v) is 5.79. The first-order valence-corrected chi connectivity index (χ1v) is 12.5. The summed E-state index contributed by atoms with van der Waals surface area (Å²) >= 11 is 0. The maximum Gasteiger partial charge on any atom is 0.305 e. The molecule has 0 saturated carbocycles. The molecule has 0 heterocycles. The van der Waals surface area contributed by atoms with Crippen LogP contribution in [0.15, 0.2) is 0 Å². The van der Waals surface area contributed by atoms with Crippen LogP contribution >= 0.6 is 0 Å². The minimum absolute atomic E-state index is 0.146. The quantitative estimate of drug-likeness (QED) is 0.150. The molecule has 0 aliphatic heterocycles. The predicted molar refractivity (Wildman–Crippen MR) is 121 cm³/mol. The van der Waals surface area contributed by atoms with Gasteiger partial charge >= 0.3 is 5.97 Å². The minimum Gasteiger partial charge on any atom is -0.469 e. The van der Waals surface area contributed by atoms with Crippen molar-refractivity contribution in [3.63, 3.8) is 0 Å². The molecule has 0 amide bonds. The number of hydrogen-bond donors (Lipinski definition) is 1. The zero-order chi connectivity index (χ0) is 20.7. The topological polar surface area (TPSA) is 46.5 Å². The maximum absolute atomic E-state index is 11.0. The number of ether oxygens (including phenoxy) is 1. The van der Waals surface area contributed by atoms with E-state index in [0.29, 0.717) is 6.42 Å². The molecule has 0 aliphatic rings. The largest absolute Gasteiger partial charge is 0.469 e. The van der Waals surface area contributed by atoms with E-state index in [1.165, 1.54) is 103 Å². The highest BCUT2D eigenvalue weighted by Gasteiger charge is 2.05. The highest BCUT2D eigenvalue weighted by Crippen LogP contribution is 2.15. The van der Waals surface area contributed by atoms with E-state index in [2.05, 4.69) is 11.7 Å². The van der Waals surface area contributed by atoms with Gasteiger partial charge in [0.1, 0.15) is 0 Å². The Hall–Kier alpha value is -0.570. The van der Waals surface area contributed by atoms with Crippen molar-refractivity contribution in [3.05, 3.63) is 0 Å². The Bertz CT molecular complexity index is 317. The lowest BCUT2D eigenvalue weighted by Crippen LogP contribution is -2.07. The second kappa shape index (κ2) is 22.7. The molecule has 0 bridgehead atoms. The Balaban J connectivity index is 3.14. The van der Waals surface area contributed by atoms with Gasteiger partial charge in [0, 0.05) is 6.42 Å². The van der Waals surface area contributed by atoms with E-state index in [0.717, 1.165) is 32.1 Å². The van der Waals surface area contributed by atoms with Crippen molar-refractivity contribution in [2.24, 2.45) is 0 Å². The Morgan fingerprint density at radius 1 is 0.643 bits per heavy atom. The van der Waals surface area contributed by atoms with Crippen LogP contribution in [0.25, 0.3) is 0 Å². The highest BCUT2D eigenvalue weighted by molar-refractivity contribution is 5.68. The van der Waals surface area contributed by atoms with E-state index in [-0.39, 0.29) is 12.1 Å². The van der Waals surface area contributed by atoms with Gasteiger partial charge < -0.3 is 9.84 Å². The molecule has 0 fully saturated rings. The van der Waals surface area contributed by atoms with Crippen LogP contribution in [-0.4, -0.2) is 24.3 Å². The van der Waals surface area contributed by atoms with E-state index in [1.807, 2.05) is 0 Å². The molecule has 3 nitrogen and oxygen atoms in total. The summed E-state index contributed by atoms with van der Waals surface area (Å²) in [4.78, 5) is 11.0. The lowest BCUT2D eigenvalue weighted by atomic mass is 10.0. The van der Waals surface area contributed by atoms with Gasteiger partial charge in [0.25, 0.3) is 0 Å². The van der Waals surface area contributed by atoms with Gasteiger partial charge in [-0.1, -0.05) is 116 Å². The maximum atomic E-state index is 11.0. The fourth-order valence-corrected chi connectivity index (χ4v) is 3.82. The summed E-state index contributed by atoms with van der Waals surface area (Å²) in [7, 11) is 1.43. The summed E-state index contributed by atoms with van der Waals surface area (Å²) in [5, 5.41) is 9.97. The number of methoxy groups -OCH3 is 1. The fourth-order valence-electron chi connectivity index (χ4n) is 3.82. The van der Waals surface area contributed by atoms with Crippen molar-refractivity contribution < 1.29 is 14.6 Å². The number of esters is 1. The molecule has 0 aromatic carbocycles. The Morgan fingerprint density at radius 2 is 1.00 bits per heavy atom. The molecule has 0 rings (SSSR count). The van der Waals surface area contributed by atoms with Crippen LogP contribution in [0, 0.1) is 0 Å². The third-order valence-electron chi connectivity index (χ3n) is 5.79. The molecular formula is C25H50O3. The Morgan fingerprint density at radius 3 is 1.39 bits per heavy atom. The third kappa shape index (κ3) is 21.7. The molecule has 3 heteroatoms. The summed E-state index contributed by atoms with van der Waals surface area (Å²) in [6.07, 6.45) is 25.8. The highest BCUT2D eigenvalue weighted by atomic mass is 16.5. The number of carbonyl (C=O) groups is 1. The minimum atomic E-state index is -0.190. The van der Waals surface area contributed by atoms with Crippen LogP contribution in [0.4, 0.5) is 0 Å². The molecule has 1 atom stereocenters. The van der Waals surface area contributed by atoms with Gasteiger partial charge in [-0.2, -0.15) is 0 Å². The van der Waals surface area contributed by atoms with Crippen LogP contribution < -0.4 is 0 Å². The van der Waals surface area contributed by atoms with Crippen LogP contribution in [0.2, 0.25) is 0 Å². The first-order chi connectivity index (χ1) is 13.7. The lowest BCUT2D eigenvalue weighted by molar-refractivity contribution is -0.140. The molecule has 168 valence electrons. The number of hydrogen-bond acceptors (Lipinski definition) is 3.